The predicted octanol–water partition coefficient (Wildman–Crippen LogP) is 4.17. The average Bonchev–Trinajstić information content (AvgIpc) is 2.47. The fraction of sp³-hybridized carbons (Fsp3) is 0.235. The summed E-state index contributed by atoms with van der Waals surface area (Å²) in [6.07, 6.45) is 0.854. The summed E-state index contributed by atoms with van der Waals surface area (Å²) in [5, 5.41) is 0.591. The first-order chi connectivity index (χ1) is 9.74. The molecule has 2 aromatic carbocycles. The van der Waals surface area contributed by atoms with E-state index in [4.69, 9.17) is 21.7 Å². The van der Waals surface area contributed by atoms with E-state index >= 15 is 0 Å². The highest BCUT2D eigenvalue weighted by molar-refractivity contribution is 7.80. The van der Waals surface area contributed by atoms with Gasteiger partial charge in [0.1, 0.15) is 12.4 Å². The number of hydrogen-bond acceptors (Lipinski definition) is 3. The van der Waals surface area contributed by atoms with Crippen LogP contribution in [0.2, 0.25) is 0 Å². The Kier molecular flexibility index (Phi) is 5.56. The van der Waals surface area contributed by atoms with Crippen molar-refractivity contribution in [3.8, 4) is 5.75 Å². The summed E-state index contributed by atoms with van der Waals surface area (Å²) >= 11 is 4.87. The maximum absolute atomic E-state index is 5.74. The summed E-state index contributed by atoms with van der Waals surface area (Å²) in [5.74, 6) is 0.879. The number of thiocarbonyl (C=S) groups is 1. The molecule has 0 aromatic heterocycles. The van der Waals surface area contributed by atoms with Crippen LogP contribution >= 0.6 is 12.2 Å². The summed E-state index contributed by atoms with van der Waals surface area (Å²) in [6.45, 7) is 3.00. The second-order valence-corrected chi connectivity index (χ2v) is 5.08. The van der Waals surface area contributed by atoms with Gasteiger partial charge >= 0.3 is 0 Å². The first-order valence-electron chi connectivity index (χ1n) is 6.63. The summed E-state index contributed by atoms with van der Waals surface area (Å²) in [5.41, 5.74) is 2.38. The quantitative estimate of drug-likeness (QED) is 0.742. The van der Waals surface area contributed by atoms with Crippen LogP contribution in [0, 0.1) is 0 Å². The minimum absolute atomic E-state index is 0.591. The normalized spacial score (nSPS) is 10.1. The average molecular weight is 286 g/mol. The molecule has 2 rings (SSSR count). The Hall–Kier alpha value is -1.87. The van der Waals surface area contributed by atoms with Gasteiger partial charge in [0, 0.05) is 13.3 Å². The minimum atomic E-state index is 0.591. The molecule has 0 aliphatic heterocycles. The van der Waals surface area contributed by atoms with Crippen LogP contribution in [-0.4, -0.2) is 11.7 Å². The fourth-order valence-electron chi connectivity index (χ4n) is 1.81. The van der Waals surface area contributed by atoms with Gasteiger partial charge in [-0.05, 0) is 35.5 Å². The molecule has 0 bridgehead atoms. The number of ether oxygens (including phenoxy) is 2. The maximum atomic E-state index is 5.74. The summed E-state index contributed by atoms with van der Waals surface area (Å²) < 4.78 is 11.0. The Morgan fingerprint density at radius 2 is 1.65 bits per heavy atom. The molecule has 0 fully saturated rings. The molecule has 0 saturated carbocycles. The molecule has 0 aliphatic carbocycles. The lowest BCUT2D eigenvalue weighted by Gasteiger charge is -2.08. The fourth-order valence-corrected chi connectivity index (χ4v) is 1.89. The van der Waals surface area contributed by atoms with Gasteiger partial charge in [0.25, 0.3) is 0 Å². The molecular weight excluding hydrogens is 268 g/mol. The van der Waals surface area contributed by atoms with E-state index in [2.05, 4.69) is 24.3 Å². The van der Waals surface area contributed by atoms with Gasteiger partial charge in [-0.2, -0.15) is 0 Å². The molecule has 0 atom stereocenters. The van der Waals surface area contributed by atoms with E-state index in [-0.39, 0.29) is 0 Å². The molecule has 2 nitrogen and oxygen atoms in total. The second kappa shape index (κ2) is 7.65. The van der Waals surface area contributed by atoms with Crippen molar-refractivity contribution in [2.75, 3.05) is 6.61 Å². The zero-order chi connectivity index (χ0) is 14.2. The molecular formula is C17H18O2S. The molecule has 0 amide bonds. The van der Waals surface area contributed by atoms with Crippen LogP contribution in [0.5, 0.6) is 5.75 Å². The van der Waals surface area contributed by atoms with Gasteiger partial charge in [-0.25, -0.2) is 0 Å². The maximum Gasteiger partial charge on any atom is 0.156 e. The van der Waals surface area contributed by atoms with Crippen molar-refractivity contribution in [3.05, 3.63) is 65.7 Å². The number of hydrogen-bond donors (Lipinski definition) is 0. The highest BCUT2D eigenvalue weighted by atomic mass is 32.1. The van der Waals surface area contributed by atoms with Crippen LogP contribution in [-0.2, 0) is 17.8 Å². The van der Waals surface area contributed by atoms with Crippen molar-refractivity contribution in [3.63, 3.8) is 0 Å². The third-order valence-electron chi connectivity index (χ3n) is 2.87. The Labute approximate surface area is 125 Å². The Morgan fingerprint density at radius 3 is 2.30 bits per heavy atom. The lowest BCUT2D eigenvalue weighted by Crippen LogP contribution is -2.01. The van der Waals surface area contributed by atoms with E-state index in [1.54, 1.807) is 6.92 Å². The van der Waals surface area contributed by atoms with Crippen LogP contribution in [0.15, 0.2) is 54.6 Å². The standard InChI is InChI=1S/C17H18O2S/c1-14(20)18-12-11-15-7-9-17(10-8-15)19-13-16-5-3-2-4-6-16/h2-10H,11-13H2,1H3. The lowest BCUT2D eigenvalue weighted by molar-refractivity contribution is 0.305. The van der Waals surface area contributed by atoms with Crippen molar-refractivity contribution in [1.29, 1.82) is 0 Å². The third kappa shape index (κ3) is 5.02. The van der Waals surface area contributed by atoms with Crippen LogP contribution in [0.1, 0.15) is 18.1 Å². The Morgan fingerprint density at radius 1 is 0.950 bits per heavy atom. The zero-order valence-corrected chi connectivity index (χ0v) is 12.4. The van der Waals surface area contributed by atoms with Crippen molar-refractivity contribution in [2.24, 2.45) is 0 Å². The summed E-state index contributed by atoms with van der Waals surface area (Å²) in [7, 11) is 0. The van der Waals surface area contributed by atoms with Gasteiger partial charge in [-0.3, -0.25) is 0 Å². The molecule has 0 aliphatic rings. The van der Waals surface area contributed by atoms with Crippen molar-refractivity contribution < 1.29 is 9.47 Å². The molecule has 0 spiro atoms. The predicted molar refractivity (Wildman–Crippen MR) is 85.1 cm³/mol. The van der Waals surface area contributed by atoms with Crippen LogP contribution in [0.4, 0.5) is 0 Å². The summed E-state index contributed by atoms with van der Waals surface area (Å²) in [6, 6.07) is 18.2. The molecule has 0 heterocycles. The van der Waals surface area contributed by atoms with Crippen molar-refractivity contribution in [2.45, 2.75) is 20.0 Å². The van der Waals surface area contributed by atoms with Crippen LogP contribution in [0.3, 0.4) is 0 Å². The zero-order valence-electron chi connectivity index (χ0n) is 11.5. The first-order valence-corrected chi connectivity index (χ1v) is 7.04. The topological polar surface area (TPSA) is 18.5 Å². The Balaban J connectivity index is 1.81. The lowest BCUT2D eigenvalue weighted by atomic mass is 10.1. The van der Waals surface area contributed by atoms with Gasteiger partial charge in [0.05, 0.1) is 6.61 Å². The molecule has 0 radical (unpaired) electrons. The van der Waals surface area contributed by atoms with E-state index in [1.165, 1.54) is 11.1 Å². The highest BCUT2D eigenvalue weighted by Gasteiger charge is 1.98. The molecule has 104 valence electrons. The molecule has 0 saturated heterocycles. The van der Waals surface area contributed by atoms with E-state index < -0.39 is 0 Å². The largest absolute Gasteiger partial charge is 0.489 e. The van der Waals surface area contributed by atoms with Gasteiger partial charge in [0.15, 0.2) is 5.05 Å². The van der Waals surface area contributed by atoms with E-state index in [0.717, 1.165) is 12.2 Å². The molecule has 3 heteroatoms. The number of rotatable bonds is 6. The van der Waals surface area contributed by atoms with E-state index in [9.17, 15) is 0 Å². The SMILES string of the molecule is CC(=S)OCCc1ccc(OCc2ccccc2)cc1. The van der Waals surface area contributed by atoms with Gasteiger partial charge < -0.3 is 9.47 Å². The van der Waals surface area contributed by atoms with E-state index in [1.807, 2.05) is 30.3 Å². The van der Waals surface area contributed by atoms with Gasteiger partial charge in [-0.15, -0.1) is 0 Å². The molecule has 2 aromatic rings. The monoisotopic (exact) mass is 286 g/mol. The van der Waals surface area contributed by atoms with E-state index in [0.29, 0.717) is 18.3 Å². The second-order valence-electron chi connectivity index (χ2n) is 4.51. The van der Waals surface area contributed by atoms with Crippen molar-refractivity contribution >= 4 is 17.3 Å². The van der Waals surface area contributed by atoms with Crippen LogP contribution < -0.4 is 4.74 Å². The molecule has 20 heavy (non-hydrogen) atoms. The van der Waals surface area contributed by atoms with Crippen molar-refractivity contribution in [1.82, 2.24) is 0 Å². The van der Waals surface area contributed by atoms with Gasteiger partial charge in [0.2, 0.25) is 0 Å². The number of benzene rings is 2. The first kappa shape index (κ1) is 14.5. The van der Waals surface area contributed by atoms with Gasteiger partial charge in [-0.1, -0.05) is 42.5 Å². The smallest absolute Gasteiger partial charge is 0.156 e. The molecule has 0 unspecified atom stereocenters. The Bertz CT molecular complexity index is 535. The highest BCUT2D eigenvalue weighted by Crippen LogP contribution is 2.14. The van der Waals surface area contributed by atoms with Crippen LogP contribution in [0.25, 0.3) is 0 Å². The molecule has 0 N–H and O–H groups in total. The summed E-state index contributed by atoms with van der Waals surface area (Å²) in [4.78, 5) is 0. The third-order valence-corrected chi connectivity index (χ3v) is 2.99. The minimum Gasteiger partial charge on any atom is -0.489 e.